The van der Waals surface area contributed by atoms with E-state index in [9.17, 15) is 28.1 Å². The minimum atomic E-state index is -3.63. The van der Waals surface area contributed by atoms with Gasteiger partial charge in [-0.15, -0.1) is 0 Å². The van der Waals surface area contributed by atoms with Crippen molar-refractivity contribution in [2.45, 2.75) is 55.5 Å². The normalized spacial score (nSPS) is 22.5. The second kappa shape index (κ2) is 9.66. The summed E-state index contributed by atoms with van der Waals surface area (Å²) in [6.45, 7) is 0. The lowest BCUT2D eigenvalue weighted by atomic mass is 9.74. The Bertz CT molecular complexity index is 1300. The first-order valence-electron chi connectivity index (χ1n) is 11.4. The standard InChI is InChI=1S/C26H26FN3O3S/c1-34(32,33)25-13-19(3-5-21(25)15-29)18-2-4-20(23(27)12-18)10-16(14-28)11-24(31)26-17-6-8-22(30-26)9-7-17/h2-5,12-13,16-17,22,26,30H,6-11H2,1H3/t16-,17?,22?,26+/m1/s1. The number of halogens is 1. The van der Waals surface area contributed by atoms with Gasteiger partial charge in [-0.1, -0.05) is 18.2 Å². The van der Waals surface area contributed by atoms with Crippen LogP contribution in [-0.2, 0) is 21.1 Å². The maximum Gasteiger partial charge on any atom is 0.176 e. The van der Waals surface area contributed by atoms with Gasteiger partial charge in [0.15, 0.2) is 15.6 Å². The highest BCUT2D eigenvalue weighted by molar-refractivity contribution is 7.90. The Morgan fingerprint density at radius 2 is 1.79 bits per heavy atom. The number of nitrogens with zero attached hydrogens (tertiary/aromatic N) is 2. The number of ketones is 1. The van der Waals surface area contributed by atoms with E-state index in [2.05, 4.69) is 11.4 Å². The quantitative estimate of drug-likeness (QED) is 0.644. The maximum atomic E-state index is 14.9. The fraction of sp³-hybridized carbons (Fsp3) is 0.423. The number of benzene rings is 2. The molecule has 34 heavy (non-hydrogen) atoms. The van der Waals surface area contributed by atoms with Crippen molar-refractivity contribution < 1.29 is 17.6 Å². The lowest BCUT2D eigenvalue weighted by Crippen LogP contribution is -2.56. The lowest BCUT2D eigenvalue weighted by Gasteiger charge is -2.43. The number of piperidine rings is 2. The van der Waals surface area contributed by atoms with E-state index in [1.807, 2.05) is 6.07 Å². The summed E-state index contributed by atoms with van der Waals surface area (Å²) < 4.78 is 39.0. The molecule has 0 spiro atoms. The summed E-state index contributed by atoms with van der Waals surface area (Å²) in [5.74, 6) is -0.784. The van der Waals surface area contributed by atoms with Crippen molar-refractivity contribution in [1.29, 1.82) is 10.5 Å². The first-order chi connectivity index (χ1) is 16.2. The lowest BCUT2D eigenvalue weighted by molar-refractivity contribution is -0.125. The van der Waals surface area contributed by atoms with E-state index in [4.69, 9.17) is 0 Å². The molecule has 5 rings (SSSR count). The molecule has 176 valence electrons. The molecule has 2 aromatic rings. The number of rotatable bonds is 7. The number of sulfone groups is 1. The van der Waals surface area contributed by atoms with Crippen LogP contribution in [0.5, 0.6) is 0 Å². The van der Waals surface area contributed by atoms with Gasteiger partial charge < -0.3 is 5.32 Å². The number of carbonyl (C=O) groups is 1. The Morgan fingerprint density at radius 3 is 2.35 bits per heavy atom. The van der Waals surface area contributed by atoms with Gasteiger partial charge in [-0.3, -0.25) is 4.79 Å². The van der Waals surface area contributed by atoms with Crippen LogP contribution in [-0.4, -0.2) is 32.5 Å². The average molecular weight is 480 g/mol. The molecule has 6 nitrogen and oxygen atoms in total. The second-order valence-electron chi connectivity index (χ2n) is 9.36. The number of carbonyl (C=O) groups excluding carboxylic acids is 1. The third-order valence-electron chi connectivity index (χ3n) is 6.99. The summed E-state index contributed by atoms with van der Waals surface area (Å²) >= 11 is 0. The van der Waals surface area contributed by atoms with Crippen LogP contribution in [0.2, 0.25) is 0 Å². The summed E-state index contributed by atoms with van der Waals surface area (Å²) in [7, 11) is -3.63. The number of hydrogen-bond acceptors (Lipinski definition) is 6. The Kier molecular flexibility index (Phi) is 6.84. The molecule has 0 unspecified atom stereocenters. The van der Waals surface area contributed by atoms with Crippen molar-refractivity contribution in [1.82, 2.24) is 5.32 Å². The van der Waals surface area contributed by atoms with Crippen molar-refractivity contribution >= 4 is 15.6 Å². The number of Topliss-reactive ketones (excluding diaryl/α,β-unsaturated/α-hetero) is 1. The molecule has 3 aliphatic rings. The number of hydrogen-bond donors (Lipinski definition) is 1. The molecule has 0 aromatic heterocycles. The predicted molar refractivity (Wildman–Crippen MR) is 125 cm³/mol. The monoisotopic (exact) mass is 479 g/mol. The highest BCUT2D eigenvalue weighted by Crippen LogP contribution is 2.34. The second-order valence-corrected chi connectivity index (χ2v) is 11.3. The molecule has 8 heteroatoms. The van der Waals surface area contributed by atoms with Gasteiger partial charge in [0, 0.05) is 18.7 Å². The van der Waals surface area contributed by atoms with E-state index in [0.29, 0.717) is 28.7 Å². The minimum Gasteiger partial charge on any atom is -0.304 e. The molecule has 1 saturated carbocycles. The van der Waals surface area contributed by atoms with Crippen molar-refractivity contribution in [2.24, 2.45) is 11.8 Å². The van der Waals surface area contributed by atoms with E-state index >= 15 is 0 Å². The molecule has 2 aromatic carbocycles. The van der Waals surface area contributed by atoms with Crippen LogP contribution in [0.3, 0.4) is 0 Å². The maximum absolute atomic E-state index is 14.9. The van der Waals surface area contributed by atoms with Crippen molar-refractivity contribution in [3.05, 3.63) is 53.3 Å². The molecule has 3 fully saturated rings. The first kappa shape index (κ1) is 24.1. The van der Waals surface area contributed by atoms with Gasteiger partial charge in [0.1, 0.15) is 11.9 Å². The summed E-state index contributed by atoms with van der Waals surface area (Å²) in [5.41, 5.74) is 1.29. The number of nitrogens with one attached hydrogen (secondary N) is 1. The largest absolute Gasteiger partial charge is 0.304 e. The Morgan fingerprint density at radius 1 is 1.12 bits per heavy atom. The van der Waals surface area contributed by atoms with Gasteiger partial charge in [-0.25, -0.2) is 12.8 Å². The van der Waals surface area contributed by atoms with Crippen LogP contribution in [0.15, 0.2) is 41.3 Å². The third kappa shape index (κ3) is 5.04. The first-order valence-corrected chi connectivity index (χ1v) is 13.3. The van der Waals surface area contributed by atoms with E-state index < -0.39 is 21.6 Å². The van der Waals surface area contributed by atoms with E-state index in [1.54, 1.807) is 18.2 Å². The van der Waals surface area contributed by atoms with Gasteiger partial charge in [0.05, 0.1) is 28.5 Å². The van der Waals surface area contributed by atoms with E-state index in [1.165, 1.54) is 18.2 Å². The van der Waals surface area contributed by atoms with Gasteiger partial charge in [0.25, 0.3) is 0 Å². The zero-order chi connectivity index (χ0) is 24.5. The van der Waals surface area contributed by atoms with Crippen LogP contribution in [0, 0.1) is 40.3 Å². The Balaban J connectivity index is 1.49. The topological polar surface area (TPSA) is 111 Å². The molecular weight excluding hydrogens is 453 g/mol. The molecule has 2 saturated heterocycles. The van der Waals surface area contributed by atoms with Crippen LogP contribution in [0.1, 0.15) is 43.2 Å². The molecule has 0 amide bonds. The average Bonchev–Trinajstić information content (AvgIpc) is 2.84. The highest BCUT2D eigenvalue weighted by Gasteiger charge is 2.39. The molecular formula is C26H26FN3O3S. The number of nitriles is 2. The molecule has 1 aliphatic carbocycles. The molecule has 0 radical (unpaired) electrons. The predicted octanol–water partition coefficient (Wildman–Crippen LogP) is 3.94. The van der Waals surface area contributed by atoms with Gasteiger partial charge in [-0.2, -0.15) is 10.5 Å². The Hall–Kier alpha value is -3.07. The van der Waals surface area contributed by atoms with Gasteiger partial charge >= 0.3 is 0 Å². The molecule has 1 N–H and O–H groups in total. The van der Waals surface area contributed by atoms with Crippen molar-refractivity contribution in [2.75, 3.05) is 6.26 Å². The summed E-state index contributed by atoms with van der Waals surface area (Å²) in [6, 6.07) is 13.1. The summed E-state index contributed by atoms with van der Waals surface area (Å²) in [4.78, 5) is 12.8. The van der Waals surface area contributed by atoms with E-state index in [-0.39, 0.29) is 35.1 Å². The van der Waals surface area contributed by atoms with Gasteiger partial charge in [-0.05, 0) is 72.9 Å². The van der Waals surface area contributed by atoms with Crippen LogP contribution in [0.25, 0.3) is 11.1 Å². The van der Waals surface area contributed by atoms with Crippen LogP contribution < -0.4 is 5.32 Å². The van der Waals surface area contributed by atoms with Crippen molar-refractivity contribution in [3.8, 4) is 23.3 Å². The highest BCUT2D eigenvalue weighted by atomic mass is 32.2. The van der Waals surface area contributed by atoms with Gasteiger partial charge in [0.2, 0.25) is 0 Å². The molecule has 2 atom stereocenters. The fourth-order valence-corrected chi connectivity index (χ4v) is 6.01. The molecule has 2 aliphatic heterocycles. The zero-order valence-electron chi connectivity index (χ0n) is 18.9. The summed E-state index contributed by atoms with van der Waals surface area (Å²) in [6.07, 6.45) is 5.50. The minimum absolute atomic E-state index is 0.0314. The zero-order valence-corrected chi connectivity index (χ0v) is 19.7. The SMILES string of the molecule is CS(=O)(=O)c1cc(-c2ccc(C[C@@H](C#N)CC(=O)[C@H]3NC4CCC3CC4)c(F)c2)ccc1C#N. The molecule has 2 bridgehead atoms. The van der Waals surface area contributed by atoms with Crippen molar-refractivity contribution in [3.63, 3.8) is 0 Å². The number of fused-ring (bicyclic) bond motifs is 3. The third-order valence-corrected chi connectivity index (χ3v) is 8.13. The smallest absolute Gasteiger partial charge is 0.176 e. The van der Waals surface area contributed by atoms with Crippen LogP contribution >= 0.6 is 0 Å². The Labute approximate surface area is 199 Å². The molecule has 2 heterocycles. The summed E-state index contributed by atoms with van der Waals surface area (Å²) in [5, 5.41) is 22.2. The van der Waals surface area contributed by atoms with E-state index in [0.717, 1.165) is 31.9 Å². The fourth-order valence-electron chi connectivity index (χ4n) is 5.16. The van der Waals surface area contributed by atoms with Crippen LogP contribution in [0.4, 0.5) is 4.39 Å².